The van der Waals surface area contributed by atoms with Gasteiger partial charge in [-0.3, -0.25) is 0 Å². The summed E-state index contributed by atoms with van der Waals surface area (Å²) in [6, 6.07) is 0. The lowest BCUT2D eigenvalue weighted by molar-refractivity contribution is 0.361. The molecule has 0 spiro atoms. The van der Waals surface area contributed by atoms with Crippen molar-refractivity contribution in [3.8, 4) is 0 Å². The smallest absolute Gasteiger partial charge is 0.0322 e. The molecule has 82 valence electrons. The summed E-state index contributed by atoms with van der Waals surface area (Å²) in [5.74, 6) is 1.88. The van der Waals surface area contributed by atoms with Crippen molar-refractivity contribution in [2.75, 3.05) is 0 Å². The highest BCUT2D eigenvalue weighted by Gasteiger charge is 2.10. The average Bonchev–Trinajstić information content (AvgIpc) is 2.25. The Kier molecular flexibility index (Phi) is 5.98. The summed E-state index contributed by atoms with van der Waals surface area (Å²) in [4.78, 5) is 0. The third-order valence-electron chi connectivity index (χ3n) is 3.60. The molecule has 0 nitrogen and oxygen atoms in total. The molecule has 1 unspecified atom stereocenters. The van der Waals surface area contributed by atoms with Gasteiger partial charge in [0.25, 0.3) is 0 Å². The summed E-state index contributed by atoms with van der Waals surface area (Å²) in [5.41, 5.74) is 0. The van der Waals surface area contributed by atoms with Crippen LogP contribution < -0.4 is 0 Å². The zero-order valence-electron chi connectivity index (χ0n) is 9.97. The molecule has 0 radical (unpaired) electrons. The summed E-state index contributed by atoms with van der Waals surface area (Å²) >= 11 is 0. The standard InChI is InChI=1S/C14H26/c1-3-13(2)9-7-8-12-14-10-5-4-6-11-14/h7-8,13-14H,3-6,9-12H2,1-2H3/b8-7+. The maximum absolute atomic E-state index is 2.43. The second-order valence-corrected chi connectivity index (χ2v) is 4.96. The molecule has 1 rings (SSSR count). The molecule has 0 N–H and O–H groups in total. The van der Waals surface area contributed by atoms with Gasteiger partial charge in [-0.1, -0.05) is 64.5 Å². The molecule has 1 atom stereocenters. The van der Waals surface area contributed by atoms with Crippen molar-refractivity contribution in [1.29, 1.82) is 0 Å². The SMILES string of the molecule is CCC(C)C/C=C/CC1CCCCC1. The molecule has 1 saturated carbocycles. The highest BCUT2D eigenvalue weighted by molar-refractivity contribution is 4.86. The Morgan fingerprint density at radius 2 is 1.86 bits per heavy atom. The fourth-order valence-corrected chi connectivity index (χ4v) is 2.21. The minimum atomic E-state index is 0.873. The van der Waals surface area contributed by atoms with Gasteiger partial charge in [0.15, 0.2) is 0 Å². The van der Waals surface area contributed by atoms with Crippen LogP contribution >= 0.6 is 0 Å². The van der Waals surface area contributed by atoms with E-state index < -0.39 is 0 Å². The third kappa shape index (κ3) is 4.83. The number of rotatable bonds is 5. The van der Waals surface area contributed by atoms with Gasteiger partial charge in [-0.05, 0) is 24.7 Å². The molecule has 14 heavy (non-hydrogen) atoms. The second kappa shape index (κ2) is 7.09. The van der Waals surface area contributed by atoms with Gasteiger partial charge in [-0.2, -0.15) is 0 Å². The van der Waals surface area contributed by atoms with E-state index in [4.69, 9.17) is 0 Å². The summed E-state index contributed by atoms with van der Waals surface area (Å²) in [6.45, 7) is 4.62. The molecular weight excluding hydrogens is 168 g/mol. The molecule has 0 aromatic carbocycles. The van der Waals surface area contributed by atoms with Crippen LogP contribution in [-0.4, -0.2) is 0 Å². The van der Waals surface area contributed by atoms with Crippen molar-refractivity contribution < 1.29 is 0 Å². The van der Waals surface area contributed by atoms with Gasteiger partial charge in [0.2, 0.25) is 0 Å². The predicted octanol–water partition coefficient (Wildman–Crippen LogP) is 4.95. The van der Waals surface area contributed by atoms with Crippen LogP contribution in [0.25, 0.3) is 0 Å². The van der Waals surface area contributed by atoms with Crippen molar-refractivity contribution in [3.63, 3.8) is 0 Å². The molecule has 0 aromatic heterocycles. The quantitative estimate of drug-likeness (QED) is 0.543. The molecule has 0 heterocycles. The second-order valence-electron chi connectivity index (χ2n) is 4.96. The predicted molar refractivity (Wildman–Crippen MR) is 64.4 cm³/mol. The van der Waals surface area contributed by atoms with E-state index in [2.05, 4.69) is 26.0 Å². The van der Waals surface area contributed by atoms with E-state index in [1.165, 1.54) is 51.4 Å². The first-order chi connectivity index (χ1) is 6.83. The fourth-order valence-electron chi connectivity index (χ4n) is 2.21. The van der Waals surface area contributed by atoms with Crippen molar-refractivity contribution >= 4 is 0 Å². The molecule has 1 aliphatic carbocycles. The maximum Gasteiger partial charge on any atom is -0.0322 e. The Morgan fingerprint density at radius 3 is 2.50 bits per heavy atom. The first-order valence-electron chi connectivity index (χ1n) is 6.48. The van der Waals surface area contributed by atoms with Gasteiger partial charge in [0, 0.05) is 0 Å². The Bertz CT molecular complexity index is 151. The lowest BCUT2D eigenvalue weighted by Crippen LogP contribution is -2.04. The Morgan fingerprint density at radius 1 is 1.14 bits per heavy atom. The van der Waals surface area contributed by atoms with Crippen LogP contribution in [0.15, 0.2) is 12.2 Å². The van der Waals surface area contributed by atoms with E-state index in [1.807, 2.05) is 0 Å². The Balaban J connectivity index is 2.06. The van der Waals surface area contributed by atoms with Gasteiger partial charge in [0.05, 0.1) is 0 Å². The van der Waals surface area contributed by atoms with E-state index >= 15 is 0 Å². The highest BCUT2D eigenvalue weighted by atomic mass is 14.2. The minimum Gasteiger partial charge on any atom is -0.0883 e. The van der Waals surface area contributed by atoms with E-state index in [0.717, 1.165) is 11.8 Å². The molecule has 0 saturated heterocycles. The van der Waals surface area contributed by atoms with Gasteiger partial charge in [-0.15, -0.1) is 0 Å². The Labute approximate surface area is 89.8 Å². The summed E-state index contributed by atoms with van der Waals surface area (Å²) in [5, 5.41) is 0. The van der Waals surface area contributed by atoms with Crippen molar-refractivity contribution in [2.45, 2.75) is 65.2 Å². The zero-order valence-corrected chi connectivity index (χ0v) is 9.97. The summed E-state index contributed by atoms with van der Waals surface area (Å²) in [6.07, 6.45) is 16.2. The monoisotopic (exact) mass is 194 g/mol. The average molecular weight is 194 g/mol. The van der Waals surface area contributed by atoms with E-state index in [-0.39, 0.29) is 0 Å². The lowest BCUT2D eigenvalue weighted by atomic mass is 9.87. The van der Waals surface area contributed by atoms with Gasteiger partial charge >= 0.3 is 0 Å². The number of hydrogen-bond acceptors (Lipinski definition) is 0. The molecule has 0 aromatic rings. The molecule has 0 aliphatic heterocycles. The first-order valence-corrected chi connectivity index (χ1v) is 6.48. The molecule has 0 heteroatoms. The molecular formula is C14H26. The topological polar surface area (TPSA) is 0 Å². The van der Waals surface area contributed by atoms with E-state index in [0.29, 0.717) is 0 Å². The van der Waals surface area contributed by atoms with Crippen LogP contribution in [0.1, 0.15) is 65.2 Å². The van der Waals surface area contributed by atoms with Crippen LogP contribution in [-0.2, 0) is 0 Å². The molecule has 0 amide bonds. The van der Waals surface area contributed by atoms with Gasteiger partial charge in [0.1, 0.15) is 0 Å². The summed E-state index contributed by atoms with van der Waals surface area (Å²) in [7, 11) is 0. The van der Waals surface area contributed by atoms with Crippen LogP contribution in [0.5, 0.6) is 0 Å². The van der Waals surface area contributed by atoms with Crippen molar-refractivity contribution in [2.24, 2.45) is 11.8 Å². The Hall–Kier alpha value is -0.260. The largest absolute Gasteiger partial charge is 0.0883 e. The fraction of sp³-hybridized carbons (Fsp3) is 0.857. The number of hydrogen-bond donors (Lipinski definition) is 0. The van der Waals surface area contributed by atoms with E-state index in [9.17, 15) is 0 Å². The number of allylic oxidation sites excluding steroid dienone is 2. The first kappa shape index (κ1) is 11.8. The molecule has 0 bridgehead atoms. The minimum absolute atomic E-state index is 0.873. The molecule has 1 fully saturated rings. The van der Waals surface area contributed by atoms with Crippen molar-refractivity contribution in [3.05, 3.63) is 12.2 Å². The maximum atomic E-state index is 2.43. The van der Waals surface area contributed by atoms with Crippen LogP contribution in [0, 0.1) is 11.8 Å². The molecule has 1 aliphatic rings. The third-order valence-corrected chi connectivity index (χ3v) is 3.60. The lowest BCUT2D eigenvalue weighted by Gasteiger charge is -2.19. The zero-order chi connectivity index (χ0) is 10.2. The normalized spacial score (nSPS) is 21.6. The van der Waals surface area contributed by atoms with Crippen LogP contribution in [0.2, 0.25) is 0 Å². The summed E-state index contributed by atoms with van der Waals surface area (Å²) < 4.78 is 0. The highest BCUT2D eigenvalue weighted by Crippen LogP contribution is 2.26. The van der Waals surface area contributed by atoms with Gasteiger partial charge in [-0.25, -0.2) is 0 Å². The van der Waals surface area contributed by atoms with Crippen LogP contribution in [0.4, 0.5) is 0 Å². The van der Waals surface area contributed by atoms with E-state index in [1.54, 1.807) is 0 Å². The van der Waals surface area contributed by atoms with Crippen molar-refractivity contribution in [1.82, 2.24) is 0 Å². The van der Waals surface area contributed by atoms with Crippen LogP contribution in [0.3, 0.4) is 0 Å². The van der Waals surface area contributed by atoms with Gasteiger partial charge < -0.3 is 0 Å².